The molecule has 0 bridgehead atoms. The fourth-order valence-corrected chi connectivity index (χ4v) is 3.33. The van der Waals surface area contributed by atoms with Crippen LogP contribution in [0.25, 0.3) is 0 Å². The van der Waals surface area contributed by atoms with Crippen LogP contribution >= 0.6 is 0 Å². The fraction of sp³-hybridized carbons (Fsp3) is 0.409. The van der Waals surface area contributed by atoms with Gasteiger partial charge in [-0.2, -0.15) is 5.10 Å². The highest BCUT2D eigenvalue weighted by Crippen LogP contribution is 2.33. The van der Waals surface area contributed by atoms with E-state index in [9.17, 15) is 9.59 Å². The van der Waals surface area contributed by atoms with Crippen molar-refractivity contribution in [3.63, 3.8) is 0 Å². The Morgan fingerprint density at radius 3 is 2.67 bits per heavy atom. The van der Waals surface area contributed by atoms with Crippen LogP contribution in [0.3, 0.4) is 0 Å². The molecule has 160 valence electrons. The number of hydrogen-bond donors (Lipinski definition) is 1. The number of carbonyl (C=O) groups is 2. The SMILES string of the molecule is CCCNC(=O)CN(C)CC(=O)N1N=C(c2ccc(OC)cc2)CC1c1ccco1. The predicted molar refractivity (Wildman–Crippen MR) is 113 cm³/mol. The van der Waals surface area contributed by atoms with Crippen molar-refractivity contribution in [2.45, 2.75) is 25.8 Å². The Bertz CT molecular complexity index is 877. The zero-order chi connectivity index (χ0) is 21.5. The van der Waals surface area contributed by atoms with Gasteiger partial charge in [0.05, 0.1) is 32.2 Å². The molecule has 1 N–H and O–H groups in total. The molecule has 0 spiro atoms. The van der Waals surface area contributed by atoms with Gasteiger partial charge in [-0.25, -0.2) is 5.01 Å². The Morgan fingerprint density at radius 2 is 2.03 bits per heavy atom. The summed E-state index contributed by atoms with van der Waals surface area (Å²) in [5, 5.41) is 8.89. The van der Waals surface area contributed by atoms with Crippen molar-refractivity contribution in [1.82, 2.24) is 15.2 Å². The highest BCUT2D eigenvalue weighted by Gasteiger charge is 2.35. The van der Waals surface area contributed by atoms with Gasteiger partial charge in [0.1, 0.15) is 17.6 Å². The van der Waals surface area contributed by atoms with Gasteiger partial charge in [-0.3, -0.25) is 14.5 Å². The van der Waals surface area contributed by atoms with E-state index in [0.29, 0.717) is 18.7 Å². The summed E-state index contributed by atoms with van der Waals surface area (Å²) in [5.41, 5.74) is 1.73. The van der Waals surface area contributed by atoms with Gasteiger partial charge in [-0.15, -0.1) is 0 Å². The van der Waals surface area contributed by atoms with Gasteiger partial charge < -0.3 is 14.5 Å². The monoisotopic (exact) mass is 412 g/mol. The molecule has 1 unspecified atom stereocenters. The summed E-state index contributed by atoms with van der Waals surface area (Å²) < 4.78 is 10.8. The van der Waals surface area contributed by atoms with Crippen LogP contribution in [0.2, 0.25) is 0 Å². The van der Waals surface area contributed by atoms with E-state index >= 15 is 0 Å². The number of amides is 2. The molecule has 1 aromatic heterocycles. The number of methoxy groups -OCH3 is 1. The normalized spacial score (nSPS) is 15.9. The maximum Gasteiger partial charge on any atom is 0.257 e. The van der Waals surface area contributed by atoms with Crippen molar-refractivity contribution >= 4 is 17.5 Å². The largest absolute Gasteiger partial charge is 0.497 e. The lowest BCUT2D eigenvalue weighted by atomic mass is 10.0. The van der Waals surface area contributed by atoms with Crippen molar-refractivity contribution < 1.29 is 18.7 Å². The smallest absolute Gasteiger partial charge is 0.257 e. The molecule has 2 aromatic rings. The van der Waals surface area contributed by atoms with Gasteiger partial charge in [0, 0.05) is 13.0 Å². The molecule has 0 aliphatic carbocycles. The van der Waals surface area contributed by atoms with E-state index in [1.54, 1.807) is 31.4 Å². The van der Waals surface area contributed by atoms with Gasteiger partial charge in [0.2, 0.25) is 5.91 Å². The van der Waals surface area contributed by atoms with Crippen LogP contribution in [0, 0.1) is 0 Å². The molecule has 0 fully saturated rings. The van der Waals surface area contributed by atoms with Crippen molar-refractivity contribution in [3.8, 4) is 5.75 Å². The van der Waals surface area contributed by atoms with Crippen LogP contribution in [0.15, 0.2) is 52.2 Å². The molecule has 2 heterocycles. The predicted octanol–water partition coefficient (Wildman–Crippen LogP) is 2.42. The number of furan rings is 1. The highest BCUT2D eigenvalue weighted by molar-refractivity contribution is 6.03. The van der Waals surface area contributed by atoms with Crippen molar-refractivity contribution in [3.05, 3.63) is 54.0 Å². The first kappa shape index (κ1) is 21.6. The van der Waals surface area contributed by atoms with E-state index in [1.807, 2.05) is 37.3 Å². The first-order valence-electron chi connectivity index (χ1n) is 10.0. The molecule has 0 radical (unpaired) electrons. The number of nitrogens with zero attached hydrogens (tertiary/aromatic N) is 3. The lowest BCUT2D eigenvalue weighted by Crippen LogP contribution is -2.41. The molecule has 8 nitrogen and oxygen atoms in total. The zero-order valence-corrected chi connectivity index (χ0v) is 17.6. The first-order chi connectivity index (χ1) is 14.5. The van der Waals surface area contributed by atoms with Crippen LogP contribution in [0.4, 0.5) is 0 Å². The van der Waals surface area contributed by atoms with Crippen molar-refractivity contribution in [2.24, 2.45) is 5.10 Å². The Morgan fingerprint density at radius 1 is 1.27 bits per heavy atom. The minimum absolute atomic E-state index is 0.0795. The number of rotatable bonds is 9. The summed E-state index contributed by atoms with van der Waals surface area (Å²) in [6.07, 6.45) is 3.01. The summed E-state index contributed by atoms with van der Waals surface area (Å²) >= 11 is 0. The minimum Gasteiger partial charge on any atom is -0.497 e. The number of benzene rings is 1. The molecule has 0 saturated carbocycles. The maximum absolute atomic E-state index is 13.0. The molecular weight excluding hydrogens is 384 g/mol. The van der Waals surface area contributed by atoms with Crippen molar-refractivity contribution in [2.75, 3.05) is 33.8 Å². The Balaban J connectivity index is 1.73. The van der Waals surface area contributed by atoms with Crippen LogP contribution in [-0.2, 0) is 9.59 Å². The maximum atomic E-state index is 13.0. The molecule has 8 heteroatoms. The summed E-state index contributed by atoms with van der Waals surface area (Å²) in [4.78, 5) is 26.6. The topological polar surface area (TPSA) is 87.4 Å². The molecule has 1 aliphatic heterocycles. The number of nitrogens with one attached hydrogen (secondary N) is 1. The average molecular weight is 412 g/mol. The van der Waals surface area contributed by atoms with Gasteiger partial charge in [0.25, 0.3) is 5.91 Å². The highest BCUT2D eigenvalue weighted by atomic mass is 16.5. The minimum atomic E-state index is -0.313. The van der Waals surface area contributed by atoms with Crippen LogP contribution in [-0.4, -0.2) is 61.2 Å². The van der Waals surface area contributed by atoms with Crippen LogP contribution < -0.4 is 10.1 Å². The van der Waals surface area contributed by atoms with Gasteiger partial charge in [0.15, 0.2) is 0 Å². The zero-order valence-electron chi connectivity index (χ0n) is 17.6. The van der Waals surface area contributed by atoms with Gasteiger partial charge in [-0.1, -0.05) is 6.92 Å². The molecule has 0 saturated heterocycles. The van der Waals surface area contributed by atoms with E-state index in [0.717, 1.165) is 23.4 Å². The van der Waals surface area contributed by atoms with E-state index in [1.165, 1.54) is 5.01 Å². The standard InChI is InChI=1S/C22H28N4O4/c1-4-11-23-21(27)14-25(2)15-22(28)26-19(20-6-5-12-30-20)13-18(24-26)16-7-9-17(29-3)10-8-16/h5-10,12,19H,4,11,13-15H2,1-3H3,(H,23,27). The third-order valence-corrected chi connectivity index (χ3v) is 4.85. The van der Waals surface area contributed by atoms with E-state index < -0.39 is 0 Å². The Kier molecular flexibility index (Phi) is 7.24. The number of likely N-dealkylation sites (N-methyl/N-ethyl adjacent to an activating group) is 1. The molecule has 1 aromatic carbocycles. The summed E-state index contributed by atoms with van der Waals surface area (Å²) in [7, 11) is 3.37. The molecule has 1 atom stereocenters. The second-order valence-corrected chi connectivity index (χ2v) is 7.27. The molecule has 1 aliphatic rings. The van der Waals surface area contributed by atoms with E-state index in [-0.39, 0.29) is 30.9 Å². The molecule has 30 heavy (non-hydrogen) atoms. The van der Waals surface area contributed by atoms with Crippen LogP contribution in [0.1, 0.15) is 37.1 Å². The quantitative estimate of drug-likeness (QED) is 0.684. The Hall–Kier alpha value is -3.13. The summed E-state index contributed by atoms with van der Waals surface area (Å²) in [6.45, 7) is 2.85. The Labute approximate surface area is 176 Å². The lowest BCUT2D eigenvalue weighted by molar-refractivity contribution is -0.134. The summed E-state index contributed by atoms with van der Waals surface area (Å²) in [6, 6.07) is 10.9. The number of carbonyl (C=O) groups excluding carboxylic acids is 2. The average Bonchev–Trinajstić information content (AvgIpc) is 3.42. The van der Waals surface area contributed by atoms with Crippen LogP contribution in [0.5, 0.6) is 5.75 Å². The lowest BCUT2D eigenvalue weighted by Gasteiger charge is -2.23. The molecule has 2 amide bonds. The molecular formula is C22H28N4O4. The number of ether oxygens (including phenoxy) is 1. The molecule has 3 rings (SSSR count). The van der Waals surface area contributed by atoms with Crippen molar-refractivity contribution in [1.29, 1.82) is 0 Å². The number of hydrogen-bond acceptors (Lipinski definition) is 6. The first-order valence-corrected chi connectivity index (χ1v) is 10.0. The number of hydrazone groups is 1. The van der Waals surface area contributed by atoms with E-state index in [2.05, 4.69) is 10.4 Å². The van der Waals surface area contributed by atoms with Gasteiger partial charge in [-0.05, 0) is 55.4 Å². The second kappa shape index (κ2) is 10.1. The third-order valence-electron chi connectivity index (χ3n) is 4.85. The van der Waals surface area contributed by atoms with Gasteiger partial charge >= 0.3 is 0 Å². The summed E-state index contributed by atoms with van der Waals surface area (Å²) in [5.74, 6) is 1.15. The third kappa shape index (κ3) is 5.27. The fourth-order valence-electron chi connectivity index (χ4n) is 3.33. The second-order valence-electron chi connectivity index (χ2n) is 7.27. The van der Waals surface area contributed by atoms with E-state index in [4.69, 9.17) is 9.15 Å².